The molecule has 0 aromatic heterocycles. The van der Waals surface area contributed by atoms with Gasteiger partial charge in [-0.25, -0.2) is 0 Å². The summed E-state index contributed by atoms with van der Waals surface area (Å²) in [6.45, 7) is 3.26. The number of fused-ring (bicyclic) bond motifs is 1. The SMILES string of the molecule is CN1CCN(C(=O)/C=C/c2ccc3c(c2)CCO3)C(c2ccccc2)C1. The van der Waals surface area contributed by atoms with Gasteiger partial charge in [-0.2, -0.15) is 0 Å². The van der Waals surface area contributed by atoms with Crippen molar-refractivity contribution in [3.8, 4) is 5.75 Å². The second kappa shape index (κ2) is 7.34. The summed E-state index contributed by atoms with van der Waals surface area (Å²) in [6, 6.07) is 16.5. The number of amides is 1. The standard InChI is InChI=1S/C22H24N2O2/c1-23-12-13-24(20(16-23)18-5-3-2-4-6-18)22(25)10-8-17-7-9-21-19(15-17)11-14-26-21/h2-10,15,20H,11-14,16H2,1H3/b10-8+. The molecule has 1 saturated heterocycles. The maximum atomic E-state index is 12.9. The molecule has 4 nitrogen and oxygen atoms in total. The summed E-state index contributed by atoms with van der Waals surface area (Å²) in [5, 5.41) is 0. The van der Waals surface area contributed by atoms with E-state index < -0.39 is 0 Å². The molecule has 1 fully saturated rings. The van der Waals surface area contributed by atoms with Crippen LogP contribution in [0.1, 0.15) is 22.7 Å². The Hall–Kier alpha value is -2.59. The van der Waals surface area contributed by atoms with E-state index in [4.69, 9.17) is 4.74 Å². The number of nitrogens with zero attached hydrogens (tertiary/aromatic N) is 2. The Morgan fingerprint density at radius 2 is 2.00 bits per heavy atom. The lowest BCUT2D eigenvalue weighted by atomic mass is 10.0. The van der Waals surface area contributed by atoms with Crippen molar-refractivity contribution in [2.45, 2.75) is 12.5 Å². The average molecular weight is 348 g/mol. The van der Waals surface area contributed by atoms with Crippen LogP contribution in [-0.4, -0.2) is 49.0 Å². The van der Waals surface area contributed by atoms with Gasteiger partial charge >= 0.3 is 0 Å². The fourth-order valence-electron chi connectivity index (χ4n) is 3.72. The van der Waals surface area contributed by atoms with Gasteiger partial charge in [0.1, 0.15) is 5.75 Å². The van der Waals surface area contributed by atoms with E-state index in [0.29, 0.717) is 0 Å². The predicted molar refractivity (Wildman–Crippen MR) is 103 cm³/mol. The van der Waals surface area contributed by atoms with Crippen molar-refractivity contribution in [3.63, 3.8) is 0 Å². The second-order valence-corrected chi connectivity index (χ2v) is 7.02. The van der Waals surface area contributed by atoms with Crippen molar-refractivity contribution >= 4 is 12.0 Å². The van der Waals surface area contributed by atoms with Crippen LogP contribution >= 0.6 is 0 Å². The first kappa shape index (κ1) is 16.9. The van der Waals surface area contributed by atoms with E-state index >= 15 is 0 Å². The van der Waals surface area contributed by atoms with Crippen molar-refractivity contribution < 1.29 is 9.53 Å². The highest BCUT2D eigenvalue weighted by molar-refractivity contribution is 5.92. The molecular formula is C22H24N2O2. The summed E-state index contributed by atoms with van der Waals surface area (Å²) >= 11 is 0. The molecule has 0 radical (unpaired) electrons. The van der Waals surface area contributed by atoms with Gasteiger partial charge in [0.2, 0.25) is 5.91 Å². The van der Waals surface area contributed by atoms with Gasteiger partial charge in [-0.05, 0) is 41.9 Å². The molecule has 2 aliphatic rings. The molecule has 0 N–H and O–H groups in total. The van der Waals surface area contributed by atoms with Gasteiger partial charge in [-0.1, -0.05) is 36.4 Å². The summed E-state index contributed by atoms with van der Waals surface area (Å²) in [5.41, 5.74) is 3.46. The number of hydrogen-bond donors (Lipinski definition) is 0. The molecule has 1 unspecified atom stereocenters. The smallest absolute Gasteiger partial charge is 0.247 e. The van der Waals surface area contributed by atoms with Gasteiger partial charge in [0.15, 0.2) is 0 Å². The quantitative estimate of drug-likeness (QED) is 0.799. The van der Waals surface area contributed by atoms with E-state index in [-0.39, 0.29) is 11.9 Å². The molecule has 2 aromatic carbocycles. The first-order valence-corrected chi connectivity index (χ1v) is 9.18. The summed E-state index contributed by atoms with van der Waals surface area (Å²) in [7, 11) is 2.11. The highest BCUT2D eigenvalue weighted by Gasteiger charge is 2.28. The van der Waals surface area contributed by atoms with Crippen LogP contribution in [0.25, 0.3) is 6.08 Å². The zero-order chi connectivity index (χ0) is 17.9. The van der Waals surface area contributed by atoms with E-state index in [1.54, 1.807) is 6.08 Å². The first-order valence-electron chi connectivity index (χ1n) is 9.18. The average Bonchev–Trinajstić information content (AvgIpc) is 3.14. The van der Waals surface area contributed by atoms with Gasteiger partial charge in [-0.15, -0.1) is 0 Å². The van der Waals surface area contributed by atoms with Gasteiger partial charge in [-0.3, -0.25) is 4.79 Å². The van der Waals surface area contributed by atoms with Crippen LogP contribution < -0.4 is 4.74 Å². The predicted octanol–water partition coefficient (Wildman–Crippen LogP) is 3.15. The Kier molecular flexibility index (Phi) is 4.76. The van der Waals surface area contributed by atoms with E-state index in [0.717, 1.165) is 44.0 Å². The van der Waals surface area contributed by atoms with E-state index in [1.807, 2.05) is 41.3 Å². The number of likely N-dealkylation sites (N-methyl/N-ethyl adjacent to an activating group) is 1. The Bertz CT molecular complexity index is 816. The number of carbonyl (C=O) groups is 1. The molecule has 4 heteroatoms. The van der Waals surface area contributed by atoms with Crippen molar-refractivity contribution in [1.82, 2.24) is 9.80 Å². The molecule has 134 valence electrons. The molecule has 1 amide bonds. The molecule has 0 saturated carbocycles. The third-order valence-electron chi connectivity index (χ3n) is 5.18. The van der Waals surface area contributed by atoms with Crippen LogP contribution in [0.2, 0.25) is 0 Å². The number of ether oxygens (including phenoxy) is 1. The van der Waals surface area contributed by atoms with E-state index in [1.165, 1.54) is 11.1 Å². The van der Waals surface area contributed by atoms with E-state index in [9.17, 15) is 4.79 Å². The Morgan fingerprint density at radius 1 is 1.15 bits per heavy atom. The van der Waals surface area contributed by atoms with Crippen LogP contribution in [0.15, 0.2) is 54.6 Å². The number of hydrogen-bond acceptors (Lipinski definition) is 3. The van der Waals surface area contributed by atoms with Gasteiger partial charge in [0.25, 0.3) is 0 Å². The first-order chi connectivity index (χ1) is 12.7. The Balaban J connectivity index is 1.52. The number of piperazine rings is 1. The van der Waals surface area contributed by atoms with E-state index in [2.05, 4.69) is 30.1 Å². The highest BCUT2D eigenvalue weighted by atomic mass is 16.5. The molecule has 2 aromatic rings. The molecule has 26 heavy (non-hydrogen) atoms. The number of benzene rings is 2. The Morgan fingerprint density at radius 3 is 2.85 bits per heavy atom. The van der Waals surface area contributed by atoms with Crippen LogP contribution in [0.4, 0.5) is 0 Å². The molecule has 1 atom stereocenters. The van der Waals surface area contributed by atoms with Gasteiger partial charge in [0.05, 0.1) is 12.6 Å². The minimum atomic E-state index is 0.0729. The summed E-state index contributed by atoms with van der Waals surface area (Å²) < 4.78 is 5.54. The lowest BCUT2D eigenvalue weighted by Crippen LogP contribution is -2.48. The van der Waals surface area contributed by atoms with Crippen molar-refractivity contribution in [2.75, 3.05) is 33.3 Å². The van der Waals surface area contributed by atoms with Crippen LogP contribution in [0.3, 0.4) is 0 Å². The summed E-state index contributed by atoms with van der Waals surface area (Å²) in [4.78, 5) is 17.2. The molecule has 4 rings (SSSR count). The minimum absolute atomic E-state index is 0.0729. The van der Waals surface area contributed by atoms with Crippen LogP contribution in [0, 0.1) is 0 Å². The fourth-order valence-corrected chi connectivity index (χ4v) is 3.72. The second-order valence-electron chi connectivity index (χ2n) is 7.02. The van der Waals surface area contributed by atoms with Crippen molar-refractivity contribution in [1.29, 1.82) is 0 Å². The molecule has 2 heterocycles. The molecule has 0 aliphatic carbocycles. The van der Waals surface area contributed by atoms with Gasteiger partial charge in [0, 0.05) is 32.1 Å². The normalized spacial score (nSPS) is 20.2. The number of rotatable bonds is 3. The Labute approximate surface area is 154 Å². The van der Waals surface area contributed by atoms with Crippen molar-refractivity contribution in [2.24, 2.45) is 0 Å². The largest absolute Gasteiger partial charge is 0.493 e. The van der Waals surface area contributed by atoms with Crippen LogP contribution in [0.5, 0.6) is 5.75 Å². The third kappa shape index (κ3) is 3.51. The lowest BCUT2D eigenvalue weighted by molar-refractivity contribution is -0.130. The maximum absolute atomic E-state index is 12.9. The van der Waals surface area contributed by atoms with Gasteiger partial charge < -0.3 is 14.5 Å². The molecule has 0 spiro atoms. The molecular weight excluding hydrogens is 324 g/mol. The molecule has 0 bridgehead atoms. The third-order valence-corrected chi connectivity index (χ3v) is 5.18. The van der Waals surface area contributed by atoms with Crippen molar-refractivity contribution in [3.05, 3.63) is 71.3 Å². The maximum Gasteiger partial charge on any atom is 0.247 e. The summed E-state index contributed by atoms with van der Waals surface area (Å²) in [5.74, 6) is 1.04. The topological polar surface area (TPSA) is 32.8 Å². The fraction of sp³-hybridized carbons (Fsp3) is 0.318. The molecule has 2 aliphatic heterocycles. The van der Waals surface area contributed by atoms with Crippen LogP contribution in [-0.2, 0) is 11.2 Å². The zero-order valence-corrected chi connectivity index (χ0v) is 15.1. The highest BCUT2D eigenvalue weighted by Crippen LogP contribution is 2.27. The summed E-state index contributed by atoms with van der Waals surface area (Å²) in [6.07, 6.45) is 4.57. The lowest BCUT2D eigenvalue weighted by Gasteiger charge is -2.40. The minimum Gasteiger partial charge on any atom is -0.493 e. The zero-order valence-electron chi connectivity index (χ0n) is 15.1. The monoisotopic (exact) mass is 348 g/mol. The number of carbonyl (C=O) groups excluding carboxylic acids is 1.